The molecule has 5 rings (SSSR count). The van der Waals surface area contributed by atoms with Gasteiger partial charge in [-0.1, -0.05) is 17.7 Å². The summed E-state index contributed by atoms with van der Waals surface area (Å²) in [4.78, 5) is 15.7. The van der Waals surface area contributed by atoms with E-state index in [-0.39, 0.29) is 34.3 Å². The number of phenolic OH excluding ortho intramolecular Hbond substituents is 1. The van der Waals surface area contributed by atoms with Crippen molar-refractivity contribution in [2.24, 2.45) is 0 Å². The van der Waals surface area contributed by atoms with Gasteiger partial charge in [-0.2, -0.15) is 0 Å². The zero-order valence-corrected chi connectivity index (χ0v) is 26.5. The Morgan fingerprint density at radius 2 is 1.56 bits per heavy atom. The highest BCUT2D eigenvalue weighted by molar-refractivity contribution is 7.91. The Bertz CT molecular complexity index is 1700. The quantitative estimate of drug-likeness (QED) is 0.392. The number of rotatable bonds is 8. The normalized spacial score (nSPS) is 19.8. The lowest BCUT2D eigenvalue weighted by molar-refractivity contribution is -0.133. The molecule has 0 unspecified atom stereocenters. The Balaban J connectivity index is 1.73. The molecule has 3 atom stereocenters. The molecule has 0 aliphatic carbocycles. The summed E-state index contributed by atoms with van der Waals surface area (Å²) in [5, 5.41) is 14.4. The number of sulfone groups is 1. The third kappa shape index (κ3) is 4.75. The second-order valence-electron chi connectivity index (χ2n) is 11.1. The van der Waals surface area contributed by atoms with E-state index in [1.807, 2.05) is 18.9 Å². The molecule has 2 aliphatic heterocycles. The Kier molecular flexibility index (Phi) is 8.00. The summed E-state index contributed by atoms with van der Waals surface area (Å²) in [7, 11) is 3.86. The van der Waals surface area contributed by atoms with E-state index >= 15 is 0 Å². The first kappa shape index (κ1) is 30.5. The molecule has 2 N–H and O–H groups in total. The zero-order valence-electron chi connectivity index (χ0n) is 25.7. The molecule has 10 nitrogen and oxygen atoms in total. The van der Waals surface area contributed by atoms with E-state index in [1.165, 1.54) is 21.3 Å². The highest BCUT2D eigenvalue weighted by Crippen LogP contribution is 2.52. The minimum Gasteiger partial charge on any atom is -0.507 e. The average molecular weight is 611 g/mol. The lowest BCUT2D eigenvalue weighted by Crippen LogP contribution is -2.63. The van der Waals surface area contributed by atoms with Gasteiger partial charge in [-0.3, -0.25) is 9.69 Å². The second kappa shape index (κ2) is 11.3. The van der Waals surface area contributed by atoms with E-state index in [0.717, 1.165) is 5.56 Å². The molecule has 0 aromatic heterocycles. The molecular weight excluding hydrogens is 572 g/mol. The predicted molar refractivity (Wildman–Crippen MR) is 160 cm³/mol. The Labute approximate surface area is 252 Å². The number of nitrogens with zero attached hydrogens (tertiary/aromatic N) is 1. The van der Waals surface area contributed by atoms with Crippen LogP contribution in [-0.4, -0.2) is 71.9 Å². The molecule has 0 saturated carbocycles. The first-order valence-electron chi connectivity index (χ1n) is 14.0. The number of benzene rings is 3. The van der Waals surface area contributed by atoms with Crippen LogP contribution >= 0.6 is 0 Å². The van der Waals surface area contributed by atoms with Crippen molar-refractivity contribution in [1.29, 1.82) is 0 Å². The largest absolute Gasteiger partial charge is 0.507 e. The number of ether oxygens (including phenoxy) is 4. The molecule has 1 amide bonds. The van der Waals surface area contributed by atoms with Crippen LogP contribution < -0.4 is 24.3 Å². The maximum absolute atomic E-state index is 14.2. The molecule has 0 spiro atoms. The number of phenols is 1. The maximum Gasteiger partial charge on any atom is 0.238 e. The number of fused-ring (bicyclic) bond motifs is 4. The highest BCUT2D eigenvalue weighted by atomic mass is 32.2. The first-order valence-corrected chi connectivity index (χ1v) is 15.4. The Morgan fingerprint density at radius 1 is 0.930 bits per heavy atom. The van der Waals surface area contributed by atoms with Crippen LogP contribution in [0.2, 0.25) is 0 Å². The fourth-order valence-corrected chi connectivity index (χ4v) is 8.41. The molecule has 2 heterocycles. The first-order chi connectivity index (χ1) is 20.4. The van der Waals surface area contributed by atoms with Crippen LogP contribution in [0.3, 0.4) is 0 Å². The van der Waals surface area contributed by atoms with Gasteiger partial charge in [0, 0.05) is 28.7 Å². The van der Waals surface area contributed by atoms with Crippen molar-refractivity contribution < 1.29 is 37.3 Å². The molecule has 1 fully saturated rings. The van der Waals surface area contributed by atoms with Crippen LogP contribution in [0.25, 0.3) is 0 Å². The van der Waals surface area contributed by atoms with E-state index in [9.17, 15) is 18.3 Å². The van der Waals surface area contributed by atoms with Gasteiger partial charge in [-0.25, -0.2) is 8.42 Å². The van der Waals surface area contributed by atoms with E-state index in [4.69, 9.17) is 18.9 Å². The topological polar surface area (TPSA) is 124 Å². The summed E-state index contributed by atoms with van der Waals surface area (Å²) in [5.41, 5.74) is 3.65. The summed E-state index contributed by atoms with van der Waals surface area (Å²) in [5.74, 6) is 1.43. The van der Waals surface area contributed by atoms with Crippen molar-refractivity contribution in [3.8, 4) is 28.7 Å². The van der Waals surface area contributed by atoms with Crippen molar-refractivity contribution >= 4 is 15.7 Å². The van der Waals surface area contributed by atoms with Gasteiger partial charge in [0.25, 0.3) is 0 Å². The molecule has 43 heavy (non-hydrogen) atoms. The lowest BCUT2D eigenvalue weighted by atomic mass is 9.78. The SMILES string of the molecule is COc1cc(C[C@H]2NC(=O)[C@H]3Cc4c(O)c(C)c(OC)c(OC)c4[C@@H]2N3C)c(S(=O)(=O)c2ccc(C)cc2)c(C)c1OC. The van der Waals surface area contributed by atoms with Crippen molar-refractivity contribution in [2.45, 2.75) is 61.5 Å². The fraction of sp³-hybridized carbons (Fsp3) is 0.406. The monoisotopic (exact) mass is 610 g/mol. The van der Waals surface area contributed by atoms with E-state index in [2.05, 4.69) is 5.32 Å². The third-order valence-electron chi connectivity index (χ3n) is 8.77. The van der Waals surface area contributed by atoms with E-state index in [0.29, 0.717) is 50.8 Å². The van der Waals surface area contributed by atoms with E-state index < -0.39 is 28.0 Å². The number of amides is 1. The molecule has 3 aromatic carbocycles. The number of carbonyl (C=O) groups is 1. The van der Waals surface area contributed by atoms with Gasteiger partial charge in [0.05, 0.1) is 56.4 Å². The number of aromatic hydroxyl groups is 1. The molecule has 0 radical (unpaired) electrons. The third-order valence-corrected chi connectivity index (χ3v) is 10.8. The maximum atomic E-state index is 14.2. The van der Waals surface area contributed by atoms with Crippen molar-refractivity contribution in [3.63, 3.8) is 0 Å². The molecular formula is C32H38N2O8S. The number of likely N-dealkylation sites (N-methyl/N-ethyl adjacent to an activating group) is 1. The van der Waals surface area contributed by atoms with Crippen molar-refractivity contribution in [1.82, 2.24) is 10.2 Å². The molecule has 2 bridgehead atoms. The van der Waals surface area contributed by atoms with Crippen LogP contribution in [-0.2, 0) is 27.5 Å². The van der Waals surface area contributed by atoms with Gasteiger partial charge in [-0.05, 0) is 58.0 Å². The van der Waals surface area contributed by atoms with Crippen LogP contribution in [0.1, 0.15) is 39.4 Å². The van der Waals surface area contributed by atoms with Gasteiger partial charge in [0.2, 0.25) is 15.7 Å². The Morgan fingerprint density at radius 3 is 2.14 bits per heavy atom. The number of aryl methyl sites for hydroxylation is 1. The standard InChI is InChI=1S/C32H38N2O8S/c1-16-9-11-20(12-10-16)43(37,38)31-18(3)28(40-6)24(39-5)14-19(31)13-22-26-25-21(15-23(34(26)4)32(36)33-22)27(35)17(2)29(41-7)30(25)42-8/h9-12,14,22-23,26,35H,13,15H2,1-8H3,(H,33,36)/t22-,23-,26-/m1/s1. The highest BCUT2D eigenvalue weighted by Gasteiger charge is 2.49. The summed E-state index contributed by atoms with van der Waals surface area (Å²) in [6.45, 7) is 5.33. The fourth-order valence-electron chi connectivity index (χ4n) is 6.70. The van der Waals surface area contributed by atoms with Crippen molar-refractivity contribution in [2.75, 3.05) is 35.5 Å². The van der Waals surface area contributed by atoms with Gasteiger partial charge < -0.3 is 29.4 Å². The van der Waals surface area contributed by atoms with E-state index in [1.54, 1.807) is 51.3 Å². The number of piperazine rings is 1. The van der Waals surface area contributed by atoms with Gasteiger partial charge in [0.1, 0.15) is 5.75 Å². The predicted octanol–water partition coefficient (Wildman–Crippen LogP) is 3.82. The smallest absolute Gasteiger partial charge is 0.238 e. The lowest BCUT2D eigenvalue weighted by Gasteiger charge is -2.49. The minimum absolute atomic E-state index is 0.0637. The number of carbonyl (C=O) groups excluding carboxylic acids is 1. The average Bonchev–Trinajstić information content (AvgIpc) is 2.97. The molecule has 2 aliphatic rings. The summed E-state index contributed by atoms with van der Waals surface area (Å²) >= 11 is 0. The van der Waals surface area contributed by atoms with Gasteiger partial charge in [0.15, 0.2) is 23.0 Å². The van der Waals surface area contributed by atoms with Gasteiger partial charge >= 0.3 is 0 Å². The molecule has 1 saturated heterocycles. The summed E-state index contributed by atoms with van der Waals surface area (Å²) in [6.07, 6.45) is 0.422. The number of hydrogen-bond donors (Lipinski definition) is 2. The van der Waals surface area contributed by atoms with Crippen LogP contribution in [0.5, 0.6) is 28.7 Å². The minimum atomic E-state index is -4.02. The molecule has 11 heteroatoms. The molecule has 3 aromatic rings. The van der Waals surface area contributed by atoms with Crippen LogP contribution in [0.15, 0.2) is 40.1 Å². The van der Waals surface area contributed by atoms with Gasteiger partial charge in [-0.15, -0.1) is 0 Å². The molecule has 230 valence electrons. The van der Waals surface area contributed by atoms with Crippen LogP contribution in [0, 0.1) is 20.8 Å². The Hall–Kier alpha value is -3.96. The zero-order chi connectivity index (χ0) is 31.4. The number of hydrogen-bond acceptors (Lipinski definition) is 9. The number of methoxy groups -OCH3 is 4. The number of nitrogens with one attached hydrogen (secondary N) is 1. The summed E-state index contributed by atoms with van der Waals surface area (Å²) in [6, 6.07) is 6.76. The second-order valence-corrected chi connectivity index (χ2v) is 13.0. The summed E-state index contributed by atoms with van der Waals surface area (Å²) < 4.78 is 51.2. The van der Waals surface area contributed by atoms with Crippen molar-refractivity contribution in [3.05, 3.63) is 63.7 Å². The van der Waals surface area contributed by atoms with Crippen LogP contribution in [0.4, 0.5) is 0 Å².